The molecule has 0 aromatic carbocycles. The Morgan fingerprint density at radius 1 is 1.33 bits per heavy atom. The average Bonchev–Trinajstić information content (AvgIpc) is 1.65. The molecule has 0 rings (SSSR count). The fraction of sp³-hybridized carbons (Fsp3) is 1.00. The molecule has 1 nitrogen and oxygen atoms in total. The summed E-state index contributed by atoms with van der Waals surface area (Å²) in [5.74, 6) is 0. The van der Waals surface area contributed by atoms with Crippen LogP contribution in [0.25, 0.3) is 0 Å². The first-order valence-electron chi connectivity index (χ1n) is 2.30. The maximum Gasteiger partial charge on any atom is 0.255 e. The first kappa shape index (κ1) is 6.49. The Labute approximate surface area is 48.0 Å². The van der Waals surface area contributed by atoms with Gasteiger partial charge in [-0.2, -0.15) is 0 Å². The third-order valence-electron chi connectivity index (χ3n) is 0.812. The van der Waals surface area contributed by atoms with Crippen LogP contribution < -0.4 is 0 Å². The van der Waals surface area contributed by atoms with Crippen LogP contribution >= 0.6 is 0 Å². The predicted octanol–water partition coefficient (Wildman–Crippen LogP) is 0.412. The third-order valence-corrected chi connectivity index (χ3v) is 1.54. The van der Waals surface area contributed by atoms with Crippen LogP contribution in [-0.2, 0) is 0 Å². The molecule has 0 spiro atoms. The van der Waals surface area contributed by atoms with E-state index in [1.165, 1.54) is 0 Å². The number of hydrogen-bond donors (Lipinski definition) is 0. The molecule has 34 valence electrons. The lowest BCUT2D eigenvalue weighted by atomic mass is 10.7. The Morgan fingerprint density at radius 2 is 1.67 bits per heavy atom. The molecule has 0 N–H and O–H groups in total. The highest BCUT2D eigenvalue weighted by Gasteiger charge is 1.80. The lowest BCUT2D eigenvalue weighted by molar-refractivity contribution is 0.505. The van der Waals surface area contributed by atoms with Crippen molar-refractivity contribution in [3.63, 3.8) is 0 Å². The van der Waals surface area contributed by atoms with Crippen molar-refractivity contribution in [1.82, 2.24) is 3.88 Å². The minimum atomic E-state index is 1.13. The van der Waals surface area contributed by atoms with E-state index in [9.17, 15) is 0 Å². The smallest absolute Gasteiger partial charge is 0.255 e. The summed E-state index contributed by atoms with van der Waals surface area (Å²) in [7, 11) is 0. The maximum absolute atomic E-state index is 2.64. The Hall–Kier alpha value is 0.492. The van der Waals surface area contributed by atoms with Crippen molar-refractivity contribution in [2.75, 3.05) is 13.1 Å². The summed E-state index contributed by atoms with van der Waals surface area (Å²) in [6.07, 6.45) is 0. The van der Waals surface area contributed by atoms with Crippen molar-refractivity contribution in [3.8, 4) is 0 Å². The molecule has 0 amide bonds. The van der Waals surface area contributed by atoms with E-state index in [4.69, 9.17) is 0 Å². The fourth-order valence-corrected chi connectivity index (χ4v) is 0.224. The highest BCUT2D eigenvalue weighted by molar-refractivity contribution is 6.04. The van der Waals surface area contributed by atoms with Crippen LogP contribution in [-0.4, -0.2) is 33.5 Å². The Kier molecular flexibility index (Phi) is 3.98. The Balaban J connectivity index is 2.75. The maximum atomic E-state index is 2.64. The second-order valence-electron chi connectivity index (χ2n) is 1.22. The molecule has 0 unspecified atom stereocenters. The molecule has 0 atom stereocenters. The molecule has 0 aliphatic heterocycles. The summed E-state index contributed by atoms with van der Waals surface area (Å²) < 4.78 is 2.17. The molecule has 6 heavy (non-hydrogen) atoms. The predicted molar refractivity (Wildman–Crippen MR) is 28.7 cm³/mol. The second kappa shape index (κ2) is 3.67. The van der Waals surface area contributed by atoms with Gasteiger partial charge in [0.25, 0.3) is 16.5 Å². The van der Waals surface area contributed by atoms with Gasteiger partial charge in [0.2, 0.25) is 0 Å². The van der Waals surface area contributed by atoms with Crippen LogP contribution in [0.4, 0.5) is 0 Å². The van der Waals surface area contributed by atoms with E-state index in [-0.39, 0.29) is 0 Å². The minimum Gasteiger partial charge on any atom is -0.403 e. The Bertz CT molecular complexity index is 26.7. The van der Waals surface area contributed by atoms with Crippen molar-refractivity contribution in [3.05, 3.63) is 0 Å². The molecule has 0 aliphatic rings. The lowest BCUT2D eigenvalue weighted by Crippen LogP contribution is -2.17. The molecule has 2 radical (unpaired) electrons. The molecule has 0 aromatic heterocycles. The van der Waals surface area contributed by atoms with Crippen molar-refractivity contribution >= 4 is 16.5 Å². The van der Waals surface area contributed by atoms with E-state index in [2.05, 4.69) is 34.2 Å². The second-order valence-corrected chi connectivity index (χ2v) is 1.95. The van der Waals surface area contributed by atoms with Crippen LogP contribution in [0.1, 0.15) is 13.8 Å². The molecule has 0 saturated carbocycles. The molecular weight excluding hydrogens is 89.0 g/mol. The summed E-state index contributed by atoms with van der Waals surface area (Å²) in [5.41, 5.74) is 0. The largest absolute Gasteiger partial charge is 0.403 e. The molecule has 0 fully saturated rings. The van der Waals surface area contributed by atoms with Crippen LogP contribution in [0.15, 0.2) is 0 Å². The zero-order valence-electron chi connectivity index (χ0n) is 4.44. The van der Waals surface area contributed by atoms with Gasteiger partial charge >= 0.3 is 0 Å². The van der Waals surface area contributed by atoms with Gasteiger partial charge in [0.15, 0.2) is 0 Å². The molecule has 2 heteroatoms. The lowest BCUT2D eigenvalue weighted by Gasteiger charge is -2.09. The van der Waals surface area contributed by atoms with Gasteiger partial charge in [-0.1, -0.05) is 13.8 Å². The first-order valence-corrected chi connectivity index (χ1v) is 2.82. The van der Waals surface area contributed by atoms with Crippen molar-refractivity contribution in [1.29, 1.82) is 0 Å². The quantitative estimate of drug-likeness (QED) is 0.453. The first-order chi connectivity index (χ1) is 2.81. The minimum absolute atomic E-state index is 1.13. The highest BCUT2D eigenvalue weighted by atomic mass is 27.1. The summed E-state index contributed by atoms with van der Waals surface area (Å²) in [4.78, 5) is 0. The van der Waals surface area contributed by atoms with Crippen molar-refractivity contribution < 1.29 is 0 Å². The van der Waals surface area contributed by atoms with Crippen LogP contribution in [0, 0.1) is 0 Å². The normalized spacial score (nSPS) is 9.83. The summed E-state index contributed by atoms with van der Waals surface area (Å²) in [6.45, 7) is 6.52. The standard InChI is InChI=1S/C4H10N.Al/c1-3-5-4-2;/h3-4H2,1-2H3;/q-1;+1. The highest BCUT2D eigenvalue weighted by Crippen LogP contribution is 1.72. The molecule has 0 aromatic rings. The summed E-state index contributed by atoms with van der Waals surface area (Å²) in [5, 5.41) is 0. The van der Waals surface area contributed by atoms with Gasteiger partial charge in [-0.05, 0) is 13.1 Å². The van der Waals surface area contributed by atoms with Gasteiger partial charge < -0.3 is 3.88 Å². The SMILES string of the molecule is CC[N]([Al])CC. The summed E-state index contributed by atoms with van der Waals surface area (Å²) >= 11 is 2.64. The van der Waals surface area contributed by atoms with Gasteiger partial charge in [-0.15, -0.1) is 0 Å². The molecule has 0 saturated heterocycles. The van der Waals surface area contributed by atoms with E-state index in [1.54, 1.807) is 0 Å². The van der Waals surface area contributed by atoms with Crippen molar-refractivity contribution in [2.45, 2.75) is 13.8 Å². The topological polar surface area (TPSA) is 3.24 Å². The van der Waals surface area contributed by atoms with Crippen molar-refractivity contribution in [2.24, 2.45) is 0 Å². The molecule has 0 bridgehead atoms. The summed E-state index contributed by atoms with van der Waals surface area (Å²) in [6, 6.07) is 0. The number of hydrogen-bond acceptors (Lipinski definition) is 1. The van der Waals surface area contributed by atoms with Gasteiger partial charge in [0, 0.05) is 0 Å². The van der Waals surface area contributed by atoms with E-state index in [0.29, 0.717) is 0 Å². The van der Waals surface area contributed by atoms with Gasteiger partial charge in [-0.3, -0.25) is 0 Å². The van der Waals surface area contributed by atoms with E-state index < -0.39 is 0 Å². The van der Waals surface area contributed by atoms with Gasteiger partial charge in [0.1, 0.15) is 0 Å². The Morgan fingerprint density at radius 3 is 1.67 bits per heavy atom. The van der Waals surface area contributed by atoms with E-state index >= 15 is 0 Å². The van der Waals surface area contributed by atoms with Gasteiger partial charge in [-0.25, -0.2) is 0 Å². The van der Waals surface area contributed by atoms with Gasteiger partial charge in [0.05, 0.1) is 0 Å². The molecule has 0 aliphatic carbocycles. The molecular formula is C4H10AlN. The zero-order chi connectivity index (χ0) is 4.99. The fourth-order valence-electron chi connectivity index (χ4n) is 0.224. The molecule has 0 heterocycles. The van der Waals surface area contributed by atoms with E-state index in [1.807, 2.05) is 0 Å². The van der Waals surface area contributed by atoms with E-state index in [0.717, 1.165) is 13.1 Å². The number of rotatable bonds is 2. The number of nitrogens with zero attached hydrogens (tertiary/aromatic N) is 1. The van der Waals surface area contributed by atoms with Crippen LogP contribution in [0.3, 0.4) is 0 Å². The van der Waals surface area contributed by atoms with Crippen LogP contribution in [0.5, 0.6) is 0 Å². The van der Waals surface area contributed by atoms with Crippen LogP contribution in [0.2, 0.25) is 0 Å². The zero-order valence-corrected chi connectivity index (χ0v) is 5.59. The third kappa shape index (κ3) is 2.72. The average molecular weight is 99.1 g/mol. The monoisotopic (exact) mass is 99.1 g/mol.